The summed E-state index contributed by atoms with van der Waals surface area (Å²) in [5.41, 5.74) is 5.43. The molecule has 26 heavy (non-hydrogen) atoms. The average Bonchev–Trinajstić information content (AvgIpc) is 3.28. The molecule has 1 unspecified atom stereocenters. The fourth-order valence-electron chi connectivity index (χ4n) is 2.46. The highest BCUT2D eigenvalue weighted by molar-refractivity contribution is 8.94. The minimum Gasteiger partial charge on any atom is -0.363 e. The van der Waals surface area contributed by atoms with E-state index in [1.54, 1.807) is 0 Å². The van der Waals surface area contributed by atoms with Crippen LogP contribution in [0.4, 0.5) is 0 Å². The molecule has 2 aliphatic rings. The van der Waals surface area contributed by atoms with Crippen molar-refractivity contribution in [3.05, 3.63) is 12.2 Å². The van der Waals surface area contributed by atoms with Gasteiger partial charge in [0.2, 0.25) is 16.0 Å². The van der Waals surface area contributed by atoms with Crippen molar-refractivity contribution in [2.75, 3.05) is 19.8 Å². The molecule has 0 aliphatic carbocycles. The Hall–Kier alpha value is -1.40. The first kappa shape index (κ1) is 20.9. The van der Waals surface area contributed by atoms with Gasteiger partial charge in [-0.25, -0.2) is 0 Å². The van der Waals surface area contributed by atoms with Gasteiger partial charge in [-0.3, -0.25) is 29.4 Å². The van der Waals surface area contributed by atoms with E-state index in [-0.39, 0.29) is 31.3 Å². The van der Waals surface area contributed by atoms with Gasteiger partial charge in [0.1, 0.15) is 0 Å². The number of carbonyl (C=O) groups excluding carboxylic acids is 4. The van der Waals surface area contributed by atoms with Crippen LogP contribution in [0.2, 0.25) is 0 Å². The molecule has 2 rings (SSSR count). The quantitative estimate of drug-likeness (QED) is 0.107. The first-order valence-electron chi connectivity index (χ1n) is 8.24. The summed E-state index contributed by atoms with van der Waals surface area (Å²) in [5, 5.41) is 15.4. The third kappa shape index (κ3) is 5.81. The van der Waals surface area contributed by atoms with E-state index >= 15 is 0 Å². The first-order chi connectivity index (χ1) is 12.4. The summed E-state index contributed by atoms with van der Waals surface area (Å²) < 4.78 is -1.35. The second-order valence-electron chi connectivity index (χ2n) is 5.83. The second-order valence-corrected chi connectivity index (χ2v) is 8.60. The number of Topliss-reactive ketones (excluding diaryl/α,β-unsaturated/α-hetero) is 1. The third-order valence-electron chi connectivity index (χ3n) is 3.94. The van der Waals surface area contributed by atoms with Crippen molar-refractivity contribution in [3.8, 4) is 0 Å². The van der Waals surface area contributed by atoms with Crippen LogP contribution >= 0.6 is 21.6 Å². The second kappa shape index (κ2) is 9.51. The molecule has 0 radical (unpaired) electrons. The zero-order chi connectivity index (χ0) is 19.2. The average molecular weight is 402 g/mol. The number of carbonyl (C=O) groups is 4. The number of hydrogen-bond donors (Lipinski definition) is 4. The highest BCUT2D eigenvalue weighted by Gasteiger charge is 2.53. The molecule has 1 saturated heterocycles. The number of nitrogens with two attached hydrogens (primary N) is 1. The van der Waals surface area contributed by atoms with Crippen LogP contribution in [-0.2, 0) is 19.2 Å². The standard InChI is InChI=1S/C15H22N4O5S2/c16-9-18-10(14(23)15(24)25-26-15)3-1-2-7-17-11(20)6-8-19-12(21)4-5-13(19)22/h4-5,10,18,24H,1-3,6-9,16H2,(H,17,20). The lowest BCUT2D eigenvalue weighted by Crippen LogP contribution is -2.45. The smallest absolute Gasteiger partial charge is 0.253 e. The number of nitrogens with zero attached hydrogens (tertiary/aromatic N) is 1. The van der Waals surface area contributed by atoms with Crippen molar-refractivity contribution in [1.29, 1.82) is 0 Å². The van der Waals surface area contributed by atoms with Crippen LogP contribution in [0, 0.1) is 0 Å². The number of amides is 3. The number of hydrogen-bond acceptors (Lipinski definition) is 9. The van der Waals surface area contributed by atoms with E-state index in [1.807, 2.05) is 0 Å². The monoisotopic (exact) mass is 402 g/mol. The van der Waals surface area contributed by atoms with Gasteiger partial charge in [-0.2, -0.15) is 0 Å². The Morgan fingerprint density at radius 1 is 1.23 bits per heavy atom. The predicted octanol–water partition coefficient (Wildman–Crippen LogP) is -0.927. The molecular formula is C15H22N4O5S2. The van der Waals surface area contributed by atoms with Crippen molar-refractivity contribution < 1.29 is 24.3 Å². The molecule has 0 aromatic heterocycles. The van der Waals surface area contributed by atoms with Crippen molar-refractivity contribution >= 4 is 45.1 Å². The van der Waals surface area contributed by atoms with E-state index in [4.69, 9.17) is 5.73 Å². The largest absolute Gasteiger partial charge is 0.363 e. The van der Waals surface area contributed by atoms with E-state index in [0.717, 1.165) is 26.5 Å². The lowest BCUT2D eigenvalue weighted by Gasteiger charge is -2.18. The van der Waals surface area contributed by atoms with Crippen LogP contribution in [-0.4, -0.2) is 63.6 Å². The summed E-state index contributed by atoms with van der Waals surface area (Å²) in [5.74, 6) is -1.33. The fourth-order valence-corrected chi connectivity index (χ4v) is 3.72. The molecule has 0 aromatic rings. The summed E-state index contributed by atoms with van der Waals surface area (Å²) in [6, 6.07) is -0.511. The minimum atomic E-state index is -1.35. The van der Waals surface area contributed by atoms with Crippen LogP contribution in [0.1, 0.15) is 25.7 Å². The summed E-state index contributed by atoms with van der Waals surface area (Å²) in [6.07, 6.45) is 4.25. The van der Waals surface area contributed by atoms with Gasteiger partial charge in [-0.15, -0.1) is 0 Å². The van der Waals surface area contributed by atoms with Gasteiger partial charge in [0, 0.05) is 38.3 Å². The summed E-state index contributed by atoms with van der Waals surface area (Å²) >= 11 is 0. The van der Waals surface area contributed by atoms with E-state index in [2.05, 4.69) is 10.6 Å². The zero-order valence-corrected chi connectivity index (χ0v) is 15.7. The first-order valence-corrected chi connectivity index (χ1v) is 10.4. The van der Waals surface area contributed by atoms with Crippen LogP contribution in [0.15, 0.2) is 12.2 Å². The van der Waals surface area contributed by atoms with Crippen LogP contribution in [0.5, 0.6) is 0 Å². The molecule has 9 nitrogen and oxygen atoms in total. The Bertz CT molecular complexity index is 591. The van der Waals surface area contributed by atoms with E-state index < -0.39 is 22.1 Å². The predicted molar refractivity (Wildman–Crippen MR) is 98.5 cm³/mol. The van der Waals surface area contributed by atoms with Crippen molar-refractivity contribution in [2.24, 2.45) is 5.73 Å². The molecule has 1 fully saturated rings. The van der Waals surface area contributed by atoms with Gasteiger partial charge < -0.3 is 16.2 Å². The van der Waals surface area contributed by atoms with Gasteiger partial charge in [0.05, 0.1) is 6.04 Å². The SMILES string of the molecule is NCNC(CCCCNC(=O)CCN1C(=O)C=CC1=O)C(=O)C1(O)SS1. The topological polar surface area (TPSA) is 142 Å². The highest BCUT2D eigenvalue weighted by Crippen LogP contribution is 2.63. The normalized spacial score (nSPS) is 18.9. The molecule has 144 valence electrons. The Morgan fingerprint density at radius 2 is 1.88 bits per heavy atom. The molecule has 5 N–H and O–H groups in total. The van der Waals surface area contributed by atoms with Crippen molar-refractivity contribution in [2.45, 2.75) is 36.0 Å². The maximum Gasteiger partial charge on any atom is 0.253 e. The van der Waals surface area contributed by atoms with E-state index in [9.17, 15) is 24.3 Å². The maximum absolute atomic E-state index is 12.1. The highest BCUT2D eigenvalue weighted by atomic mass is 33.2. The Balaban J connectivity index is 1.58. The van der Waals surface area contributed by atoms with Gasteiger partial charge in [0.25, 0.3) is 11.8 Å². The van der Waals surface area contributed by atoms with Crippen molar-refractivity contribution in [1.82, 2.24) is 15.5 Å². The van der Waals surface area contributed by atoms with Gasteiger partial charge >= 0.3 is 0 Å². The molecule has 2 aliphatic heterocycles. The lowest BCUT2D eigenvalue weighted by molar-refractivity contribution is -0.137. The van der Waals surface area contributed by atoms with Gasteiger partial charge in [-0.1, -0.05) is 0 Å². The maximum atomic E-state index is 12.1. The molecule has 0 spiro atoms. The van der Waals surface area contributed by atoms with Gasteiger partial charge in [-0.05, 0) is 40.9 Å². The number of rotatable bonds is 12. The fraction of sp³-hybridized carbons (Fsp3) is 0.600. The lowest BCUT2D eigenvalue weighted by atomic mass is 10.1. The van der Waals surface area contributed by atoms with E-state index in [1.165, 1.54) is 12.2 Å². The van der Waals surface area contributed by atoms with Gasteiger partial charge in [0.15, 0.2) is 0 Å². The molecule has 11 heteroatoms. The molecule has 2 heterocycles. The molecule has 0 saturated carbocycles. The molecule has 3 amide bonds. The Morgan fingerprint density at radius 3 is 2.46 bits per heavy atom. The Kier molecular flexibility index (Phi) is 7.65. The Labute approximate surface area is 158 Å². The molecule has 0 aromatic carbocycles. The number of imide groups is 1. The molecular weight excluding hydrogens is 380 g/mol. The zero-order valence-electron chi connectivity index (χ0n) is 14.1. The number of nitrogens with one attached hydrogen (secondary N) is 2. The number of ketones is 1. The van der Waals surface area contributed by atoms with Crippen LogP contribution < -0.4 is 16.4 Å². The summed E-state index contributed by atoms with van der Waals surface area (Å²) in [7, 11) is 2.25. The number of aliphatic hydroxyl groups is 1. The number of unbranched alkanes of at least 4 members (excludes halogenated alkanes) is 1. The summed E-state index contributed by atoms with van der Waals surface area (Å²) in [6.45, 7) is 0.624. The summed E-state index contributed by atoms with van der Waals surface area (Å²) in [4.78, 5) is 47.6. The van der Waals surface area contributed by atoms with Crippen LogP contribution in [0.3, 0.4) is 0 Å². The van der Waals surface area contributed by atoms with Crippen LogP contribution in [0.25, 0.3) is 0 Å². The minimum absolute atomic E-state index is 0.0521. The molecule has 0 bridgehead atoms. The third-order valence-corrected chi connectivity index (χ3v) is 6.27. The molecule has 1 atom stereocenters. The van der Waals surface area contributed by atoms with E-state index in [0.29, 0.717) is 25.8 Å². The van der Waals surface area contributed by atoms with Crippen molar-refractivity contribution in [3.63, 3.8) is 0 Å².